The van der Waals surface area contributed by atoms with E-state index in [0.717, 1.165) is 6.04 Å². The van der Waals surface area contributed by atoms with Crippen LogP contribution in [0.2, 0.25) is 12.6 Å². The van der Waals surface area contributed by atoms with Crippen LogP contribution < -0.4 is 15.7 Å². The Morgan fingerprint density at radius 3 is 1.70 bits per heavy atom. The number of hydrogen-bond acceptors (Lipinski definition) is 2. The van der Waals surface area contributed by atoms with Crippen LogP contribution in [0.25, 0.3) is 0 Å². The summed E-state index contributed by atoms with van der Waals surface area (Å²) in [6.45, 7) is 6.69. The van der Waals surface area contributed by atoms with Crippen LogP contribution in [0.5, 0.6) is 0 Å². The number of nitrogens with one attached hydrogen (secondary N) is 1. The smallest absolute Gasteiger partial charge is 0.117 e. The highest BCUT2D eigenvalue weighted by atomic mass is 28.3. The van der Waals surface area contributed by atoms with Crippen molar-refractivity contribution in [3.05, 3.63) is 60.7 Å². The maximum Gasteiger partial charge on any atom is 0.117 e. The van der Waals surface area contributed by atoms with Gasteiger partial charge in [-0.1, -0.05) is 91.4 Å². The third kappa shape index (κ3) is 4.11. The molecule has 0 aliphatic carbocycles. The van der Waals surface area contributed by atoms with E-state index in [9.17, 15) is 5.11 Å². The van der Waals surface area contributed by atoms with Gasteiger partial charge in [-0.3, -0.25) is 0 Å². The quantitative estimate of drug-likeness (QED) is 0.766. The molecule has 0 spiro atoms. The maximum absolute atomic E-state index is 10.9. The number of benzene rings is 2. The molecule has 2 N–H and O–H groups in total. The van der Waals surface area contributed by atoms with Crippen molar-refractivity contribution in [1.29, 1.82) is 0 Å². The fourth-order valence-electron chi connectivity index (χ4n) is 3.53. The van der Waals surface area contributed by atoms with Crippen LogP contribution in [0.15, 0.2) is 60.7 Å². The van der Waals surface area contributed by atoms with E-state index < -0.39 is 8.07 Å². The highest BCUT2D eigenvalue weighted by molar-refractivity contribution is 7.01. The van der Waals surface area contributed by atoms with Crippen LogP contribution in [-0.4, -0.2) is 32.4 Å². The van der Waals surface area contributed by atoms with Crippen molar-refractivity contribution >= 4 is 18.4 Å². The van der Waals surface area contributed by atoms with Crippen molar-refractivity contribution in [2.24, 2.45) is 5.92 Å². The van der Waals surface area contributed by atoms with Gasteiger partial charge >= 0.3 is 0 Å². The Morgan fingerprint density at radius 1 is 0.913 bits per heavy atom. The summed E-state index contributed by atoms with van der Waals surface area (Å²) in [4.78, 5) is 0. The Balaban J connectivity index is 2.39. The van der Waals surface area contributed by atoms with Crippen LogP contribution in [0, 0.1) is 5.92 Å². The molecule has 3 heteroatoms. The van der Waals surface area contributed by atoms with Gasteiger partial charge in [-0.05, 0) is 19.0 Å². The monoisotopic (exact) mass is 327 g/mol. The molecule has 2 aromatic rings. The van der Waals surface area contributed by atoms with Crippen molar-refractivity contribution in [2.75, 3.05) is 7.05 Å². The maximum atomic E-state index is 10.9. The first-order valence-corrected chi connectivity index (χ1v) is 11.2. The van der Waals surface area contributed by atoms with Crippen LogP contribution in [0.1, 0.15) is 13.8 Å². The van der Waals surface area contributed by atoms with Gasteiger partial charge in [0.2, 0.25) is 0 Å². The predicted molar refractivity (Wildman–Crippen MR) is 102 cm³/mol. The lowest BCUT2D eigenvalue weighted by Crippen LogP contribution is -2.59. The van der Waals surface area contributed by atoms with Gasteiger partial charge < -0.3 is 10.4 Å². The number of hydrogen-bond donors (Lipinski definition) is 2. The average molecular weight is 328 g/mol. The fourth-order valence-corrected chi connectivity index (χ4v) is 7.28. The van der Waals surface area contributed by atoms with E-state index in [1.807, 2.05) is 7.05 Å². The van der Waals surface area contributed by atoms with Crippen molar-refractivity contribution in [2.45, 2.75) is 38.6 Å². The molecule has 0 radical (unpaired) electrons. The van der Waals surface area contributed by atoms with Gasteiger partial charge in [-0.15, -0.1) is 0 Å². The molecule has 0 aliphatic rings. The average Bonchev–Trinajstić information content (AvgIpc) is 2.56. The first kappa shape index (κ1) is 17.9. The molecule has 2 aromatic carbocycles. The largest absolute Gasteiger partial charge is 0.392 e. The summed E-state index contributed by atoms with van der Waals surface area (Å²) in [5, 5.41) is 17.0. The molecular formula is C20H29NOSi. The minimum absolute atomic E-state index is 0.120. The number of aliphatic hydroxyl groups excluding tert-OH is 1. The fraction of sp³-hybridized carbons (Fsp3) is 0.400. The molecule has 124 valence electrons. The molecule has 0 saturated heterocycles. The SMILES string of the molecule is CN[C@@H](C(C)C)[C@H](O)C[Si](C)(c1ccccc1)c1ccccc1. The topological polar surface area (TPSA) is 32.3 Å². The van der Waals surface area contributed by atoms with E-state index in [1.165, 1.54) is 10.4 Å². The van der Waals surface area contributed by atoms with E-state index in [2.05, 4.69) is 86.4 Å². The lowest BCUT2D eigenvalue weighted by Gasteiger charge is -2.35. The molecule has 0 aromatic heterocycles. The Labute approximate surface area is 141 Å². The zero-order valence-corrected chi connectivity index (χ0v) is 15.7. The Morgan fingerprint density at radius 2 is 1.35 bits per heavy atom. The second kappa shape index (κ2) is 7.91. The van der Waals surface area contributed by atoms with Crippen LogP contribution in [0.3, 0.4) is 0 Å². The normalized spacial score (nSPS) is 14.7. The molecule has 0 bridgehead atoms. The van der Waals surface area contributed by atoms with Gasteiger partial charge in [0, 0.05) is 6.04 Å². The molecule has 23 heavy (non-hydrogen) atoms. The Hall–Kier alpha value is -1.42. The summed E-state index contributed by atoms with van der Waals surface area (Å²) in [7, 11) is -0.0373. The van der Waals surface area contributed by atoms with Gasteiger partial charge in [0.15, 0.2) is 0 Å². The van der Waals surface area contributed by atoms with E-state index in [4.69, 9.17) is 0 Å². The van der Waals surface area contributed by atoms with E-state index in [-0.39, 0.29) is 12.1 Å². The van der Waals surface area contributed by atoms with Crippen LogP contribution in [-0.2, 0) is 0 Å². The summed E-state index contributed by atoms with van der Waals surface area (Å²) < 4.78 is 0. The van der Waals surface area contributed by atoms with E-state index in [1.54, 1.807) is 0 Å². The summed E-state index contributed by atoms with van der Waals surface area (Å²) in [5.74, 6) is 0.403. The van der Waals surface area contributed by atoms with Crippen LogP contribution in [0.4, 0.5) is 0 Å². The van der Waals surface area contributed by atoms with Crippen LogP contribution >= 0.6 is 0 Å². The number of aliphatic hydroxyl groups is 1. The third-order valence-electron chi connectivity index (χ3n) is 4.91. The lowest BCUT2D eigenvalue weighted by molar-refractivity contribution is 0.125. The summed E-state index contributed by atoms with van der Waals surface area (Å²) in [5.41, 5.74) is 0. The second-order valence-electron chi connectivity index (χ2n) is 6.89. The third-order valence-corrected chi connectivity index (χ3v) is 9.36. The minimum Gasteiger partial charge on any atom is -0.392 e. The Bertz CT molecular complexity index is 546. The van der Waals surface area contributed by atoms with Crippen molar-refractivity contribution in [3.8, 4) is 0 Å². The van der Waals surface area contributed by atoms with Crippen molar-refractivity contribution < 1.29 is 5.11 Å². The van der Waals surface area contributed by atoms with Crippen molar-refractivity contribution in [3.63, 3.8) is 0 Å². The summed E-state index contributed by atoms with van der Waals surface area (Å²) >= 11 is 0. The van der Waals surface area contributed by atoms with Gasteiger partial charge in [0.05, 0.1) is 6.10 Å². The zero-order chi connectivity index (χ0) is 16.9. The molecule has 2 atom stereocenters. The molecule has 0 aliphatic heterocycles. The predicted octanol–water partition coefficient (Wildman–Crippen LogP) is 2.48. The highest BCUT2D eigenvalue weighted by Gasteiger charge is 2.36. The van der Waals surface area contributed by atoms with Crippen molar-refractivity contribution in [1.82, 2.24) is 5.32 Å². The van der Waals surface area contributed by atoms with E-state index in [0.29, 0.717) is 5.92 Å². The molecule has 0 heterocycles. The molecule has 0 saturated carbocycles. The minimum atomic E-state index is -1.98. The highest BCUT2D eigenvalue weighted by Crippen LogP contribution is 2.19. The zero-order valence-electron chi connectivity index (χ0n) is 14.7. The number of likely N-dealkylation sites (N-methyl/N-ethyl adjacent to an activating group) is 1. The van der Waals surface area contributed by atoms with Gasteiger partial charge in [-0.25, -0.2) is 0 Å². The summed E-state index contributed by atoms with van der Waals surface area (Å²) in [6.07, 6.45) is -0.350. The molecule has 0 fully saturated rings. The molecular weight excluding hydrogens is 298 g/mol. The molecule has 2 rings (SSSR count). The first-order chi connectivity index (χ1) is 11.0. The van der Waals surface area contributed by atoms with Gasteiger partial charge in [0.1, 0.15) is 8.07 Å². The molecule has 0 amide bonds. The summed E-state index contributed by atoms with van der Waals surface area (Å²) in [6, 6.07) is 22.4. The first-order valence-electron chi connectivity index (χ1n) is 8.45. The number of rotatable bonds is 7. The second-order valence-corrected chi connectivity index (χ2v) is 11.1. The van der Waals surface area contributed by atoms with Gasteiger partial charge in [-0.2, -0.15) is 0 Å². The molecule has 0 unspecified atom stereocenters. The Kier molecular flexibility index (Phi) is 6.16. The van der Waals surface area contributed by atoms with Gasteiger partial charge in [0.25, 0.3) is 0 Å². The lowest BCUT2D eigenvalue weighted by atomic mass is 10.00. The van der Waals surface area contributed by atoms with E-state index >= 15 is 0 Å². The standard InChI is InChI=1S/C20H29NOSi/c1-16(2)20(21-3)19(22)15-23(4,17-11-7-5-8-12-17)18-13-9-6-10-14-18/h5-14,16,19-22H,15H2,1-4H3/t19-,20+/m1/s1. The molecule has 2 nitrogen and oxygen atoms in total.